The third-order valence-electron chi connectivity index (χ3n) is 8.90. The van der Waals surface area contributed by atoms with Crippen LogP contribution in [0.4, 0.5) is 0 Å². The second-order valence-corrected chi connectivity index (χ2v) is 14.8. The average Bonchev–Trinajstić information content (AvgIpc) is 3.50. The smallest absolute Gasteiger partial charge is 0.233 e. The molecule has 11 nitrogen and oxygen atoms in total. The number of thioether (sulfide) groups is 1. The Balaban J connectivity index is 1.72. The number of nitrogens with zero attached hydrogens (tertiary/aromatic N) is 3. The normalized spacial score (nSPS) is 23.2. The van der Waals surface area contributed by atoms with E-state index in [-0.39, 0.29) is 42.6 Å². The zero-order valence-electron chi connectivity index (χ0n) is 29.4. The molecule has 2 N–H and O–H groups in total. The van der Waals surface area contributed by atoms with E-state index in [9.17, 15) is 19.8 Å². The first-order valence-corrected chi connectivity index (χ1v) is 18.7. The Morgan fingerprint density at radius 1 is 1.10 bits per heavy atom. The van der Waals surface area contributed by atoms with Gasteiger partial charge in [-0.05, 0) is 61.6 Å². The van der Waals surface area contributed by atoms with Crippen molar-refractivity contribution in [2.45, 2.75) is 69.2 Å². The van der Waals surface area contributed by atoms with E-state index in [1.54, 1.807) is 12.0 Å². The minimum Gasteiger partial charge on any atom is -0.497 e. The number of ether oxygens (including phenoxy) is 4. The largest absolute Gasteiger partial charge is 0.497 e. The van der Waals surface area contributed by atoms with Gasteiger partial charge in [-0.3, -0.25) is 9.59 Å². The van der Waals surface area contributed by atoms with Crippen LogP contribution in [0.15, 0.2) is 46.8 Å². The molecule has 0 aliphatic carbocycles. The van der Waals surface area contributed by atoms with Crippen molar-refractivity contribution in [2.24, 2.45) is 11.8 Å². The molecule has 1 fully saturated rings. The molecule has 0 unspecified atom stereocenters. The zero-order chi connectivity index (χ0) is 35.5. The van der Waals surface area contributed by atoms with E-state index >= 15 is 0 Å². The molecular weight excluding hydrogens is 667 g/mol. The van der Waals surface area contributed by atoms with Gasteiger partial charge in [0.1, 0.15) is 29.8 Å². The minimum absolute atomic E-state index is 0.0420. The Bertz CT molecular complexity index is 1500. The molecule has 3 aromatic rings. The number of amides is 2. The van der Waals surface area contributed by atoms with Gasteiger partial charge >= 0.3 is 0 Å². The summed E-state index contributed by atoms with van der Waals surface area (Å²) in [7, 11) is 3.07. The Morgan fingerprint density at radius 2 is 1.90 bits per heavy atom. The fourth-order valence-electron chi connectivity index (χ4n) is 6.15. The quantitative estimate of drug-likeness (QED) is 0.291. The molecule has 1 aliphatic heterocycles. The fourth-order valence-corrected chi connectivity index (χ4v) is 8.13. The van der Waals surface area contributed by atoms with Crippen LogP contribution in [-0.2, 0) is 19.1 Å². The van der Waals surface area contributed by atoms with Crippen LogP contribution in [0.5, 0.6) is 11.5 Å². The SMILES string of the molecule is CCOc1ccc2nc(SCC(=O)N3CCCCOC[C@H](O)[C@H](O)[C@@H](OC)CN(C(C)=O)C[C@H](C(C)C)[C@H]3c3cccc(OC)c3)sc2c1. The van der Waals surface area contributed by atoms with Gasteiger partial charge in [0.2, 0.25) is 11.8 Å². The van der Waals surface area contributed by atoms with Gasteiger partial charge < -0.3 is 39.0 Å². The molecule has 4 rings (SSSR count). The number of benzene rings is 2. The van der Waals surface area contributed by atoms with E-state index in [2.05, 4.69) is 13.8 Å². The number of carbonyl (C=O) groups is 2. The van der Waals surface area contributed by atoms with Crippen LogP contribution in [0.3, 0.4) is 0 Å². The average molecular weight is 718 g/mol. The minimum atomic E-state index is -1.26. The van der Waals surface area contributed by atoms with E-state index in [4.69, 9.17) is 23.9 Å². The van der Waals surface area contributed by atoms with Crippen LogP contribution in [0, 0.1) is 11.8 Å². The van der Waals surface area contributed by atoms with Crippen molar-refractivity contribution in [3.05, 3.63) is 48.0 Å². The van der Waals surface area contributed by atoms with Gasteiger partial charge in [-0.1, -0.05) is 37.7 Å². The van der Waals surface area contributed by atoms with Gasteiger partial charge in [0.05, 0.1) is 42.3 Å². The summed E-state index contributed by atoms with van der Waals surface area (Å²) in [4.78, 5) is 36.0. The number of aromatic nitrogens is 1. The summed E-state index contributed by atoms with van der Waals surface area (Å²) >= 11 is 2.95. The molecule has 2 amide bonds. The lowest BCUT2D eigenvalue weighted by Crippen LogP contribution is -2.51. The van der Waals surface area contributed by atoms with Gasteiger partial charge in [-0.15, -0.1) is 11.3 Å². The molecule has 270 valence electrons. The molecule has 2 heterocycles. The Kier molecular flexibility index (Phi) is 15.0. The van der Waals surface area contributed by atoms with Crippen molar-refractivity contribution < 1.29 is 38.7 Å². The monoisotopic (exact) mass is 717 g/mol. The lowest BCUT2D eigenvalue weighted by molar-refractivity contribution is -0.139. The number of aliphatic hydroxyl groups is 2. The highest BCUT2D eigenvalue weighted by Gasteiger charge is 2.37. The Hall–Kier alpha value is -2.94. The summed E-state index contributed by atoms with van der Waals surface area (Å²) in [5, 5.41) is 21.6. The predicted molar refractivity (Wildman–Crippen MR) is 192 cm³/mol. The number of hydrogen-bond donors (Lipinski definition) is 2. The van der Waals surface area contributed by atoms with E-state index in [1.807, 2.05) is 54.3 Å². The van der Waals surface area contributed by atoms with Crippen molar-refractivity contribution >= 4 is 45.1 Å². The maximum Gasteiger partial charge on any atom is 0.233 e. The molecule has 5 atom stereocenters. The second kappa shape index (κ2) is 18.9. The molecule has 0 spiro atoms. The van der Waals surface area contributed by atoms with E-state index < -0.39 is 24.4 Å². The van der Waals surface area contributed by atoms with Gasteiger partial charge in [0.25, 0.3) is 0 Å². The molecule has 1 saturated heterocycles. The molecule has 2 aromatic carbocycles. The highest BCUT2D eigenvalue weighted by Crippen LogP contribution is 2.38. The lowest BCUT2D eigenvalue weighted by atomic mass is 9.82. The van der Waals surface area contributed by atoms with Gasteiger partial charge in [-0.25, -0.2) is 4.98 Å². The summed E-state index contributed by atoms with van der Waals surface area (Å²) in [6.45, 7) is 9.30. The van der Waals surface area contributed by atoms with Gasteiger partial charge in [-0.2, -0.15) is 0 Å². The molecule has 49 heavy (non-hydrogen) atoms. The van der Waals surface area contributed by atoms with Crippen molar-refractivity contribution in [3.8, 4) is 11.5 Å². The first kappa shape index (κ1) is 38.9. The molecular formula is C36H51N3O8S2. The zero-order valence-corrected chi connectivity index (χ0v) is 31.0. The Morgan fingerprint density at radius 3 is 2.59 bits per heavy atom. The number of carbonyl (C=O) groups excluding carboxylic acids is 2. The van der Waals surface area contributed by atoms with Crippen molar-refractivity contribution in [1.82, 2.24) is 14.8 Å². The molecule has 0 saturated carbocycles. The highest BCUT2D eigenvalue weighted by molar-refractivity contribution is 8.01. The Labute approximate surface area is 297 Å². The van der Waals surface area contributed by atoms with Gasteiger partial charge in [0, 0.05) is 46.2 Å². The molecule has 0 radical (unpaired) electrons. The number of methoxy groups -OCH3 is 2. The van der Waals surface area contributed by atoms with Crippen molar-refractivity contribution in [2.75, 3.05) is 59.4 Å². The first-order chi connectivity index (χ1) is 23.6. The van der Waals surface area contributed by atoms with Crippen molar-refractivity contribution in [3.63, 3.8) is 0 Å². The topological polar surface area (TPSA) is 131 Å². The van der Waals surface area contributed by atoms with Crippen LogP contribution < -0.4 is 9.47 Å². The molecule has 0 bridgehead atoms. The van der Waals surface area contributed by atoms with Crippen LogP contribution >= 0.6 is 23.1 Å². The van der Waals surface area contributed by atoms with Gasteiger partial charge in [0.15, 0.2) is 4.34 Å². The summed E-state index contributed by atoms with van der Waals surface area (Å²) in [6.07, 6.45) is -1.99. The fraction of sp³-hybridized carbons (Fsp3) is 0.583. The van der Waals surface area contributed by atoms with Crippen molar-refractivity contribution in [1.29, 1.82) is 0 Å². The number of hydrogen-bond acceptors (Lipinski definition) is 11. The lowest BCUT2D eigenvalue weighted by Gasteiger charge is -2.42. The summed E-state index contributed by atoms with van der Waals surface area (Å²) in [5.74, 6) is 1.24. The molecule has 1 aliphatic rings. The molecule has 13 heteroatoms. The van der Waals surface area contributed by atoms with E-state index in [0.717, 1.165) is 25.9 Å². The number of thiazole rings is 1. The maximum absolute atomic E-state index is 14.5. The molecule has 1 aromatic heterocycles. The predicted octanol–water partition coefficient (Wildman–Crippen LogP) is 5.03. The summed E-state index contributed by atoms with van der Waals surface area (Å²) in [6, 6.07) is 13.2. The summed E-state index contributed by atoms with van der Waals surface area (Å²) in [5.41, 5.74) is 1.77. The van der Waals surface area contributed by atoms with Crippen LogP contribution in [-0.4, -0.2) is 115 Å². The highest BCUT2D eigenvalue weighted by atomic mass is 32.2. The number of aliphatic hydroxyl groups excluding tert-OH is 2. The number of rotatable bonds is 9. The van der Waals surface area contributed by atoms with E-state index in [0.29, 0.717) is 44.9 Å². The van der Waals surface area contributed by atoms with E-state index in [1.165, 1.54) is 37.1 Å². The maximum atomic E-state index is 14.5. The van der Waals surface area contributed by atoms with Crippen LogP contribution in [0.1, 0.15) is 52.1 Å². The van der Waals surface area contributed by atoms with Crippen LogP contribution in [0.2, 0.25) is 0 Å². The standard InChI is InChI=1S/C36H51N3O8S2/c1-7-47-27-13-14-29-32(18-27)49-36(37-29)48-22-33(42)39-15-8-9-16-46-21-30(41)35(43)31(45-6)20-38(24(4)40)19-28(23(2)3)34(39)25-11-10-12-26(17-25)44-5/h10-14,17-18,23,28,30-31,34-35,41,43H,7-9,15-16,19-22H2,1-6H3/t28-,30+,31+,34-,35+/m1/s1. The third kappa shape index (κ3) is 10.5. The number of fused-ring (bicyclic) bond motifs is 1. The third-order valence-corrected chi connectivity index (χ3v) is 11.1. The second-order valence-electron chi connectivity index (χ2n) is 12.6. The van der Waals surface area contributed by atoms with Crippen LogP contribution in [0.25, 0.3) is 10.2 Å². The first-order valence-electron chi connectivity index (χ1n) is 16.9. The summed E-state index contributed by atoms with van der Waals surface area (Å²) < 4.78 is 24.4.